The van der Waals surface area contributed by atoms with E-state index in [1.807, 2.05) is 42.5 Å². The van der Waals surface area contributed by atoms with Crippen molar-refractivity contribution in [1.82, 2.24) is 10.2 Å². The lowest BCUT2D eigenvalue weighted by atomic mass is 9.95. The Bertz CT molecular complexity index is 1290. The summed E-state index contributed by atoms with van der Waals surface area (Å²) in [6.45, 7) is 4.73. The zero-order valence-corrected chi connectivity index (χ0v) is 16.2. The van der Waals surface area contributed by atoms with E-state index < -0.39 is 5.91 Å². The van der Waals surface area contributed by atoms with Crippen LogP contribution in [-0.4, -0.2) is 29.2 Å². The summed E-state index contributed by atoms with van der Waals surface area (Å²) in [5.74, 6) is -0.763. The Morgan fingerprint density at radius 1 is 1.03 bits per heavy atom. The molecule has 0 bridgehead atoms. The number of nitrogens with zero attached hydrogens (tertiary/aromatic N) is 1. The summed E-state index contributed by atoms with van der Waals surface area (Å²) in [6.07, 6.45) is 0. The second-order valence-electron chi connectivity index (χ2n) is 7.71. The molecular weight excluding hydrogens is 378 g/mol. The highest BCUT2D eigenvalue weighted by Gasteiger charge is 2.29. The fourth-order valence-corrected chi connectivity index (χ4v) is 4.21. The molecule has 0 unspecified atom stereocenters. The van der Waals surface area contributed by atoms with E-state index in [1.54, 1.807) is 4.90 Å². The van der Waals surface area contributed by atoms with Crippen LogP contribution < -0.4 is 11.1 Å². The third kappa shape index (κ3) is 2.76. The maximum absolute atomic E-state index is 12.8. The van der Waals surface area contributed by atoms with Gasteiger partial charge in [0.25, 0.3) is 11.8 Å². The Kier molecular flexibility index (Phi) is 3.96. The van der Waals surface area contributed by atoms with Crippen LogP contribution in [0.1, 0.15) is 31.8 Å². The molecule has 2 aliphatic heterocycles. The Morgan fingerprint density at radius 2 is 1.73 bits per heavy atom. The van der Waals surface area contributed by atoms with Crippen molar-refractivity contribution in [2.45, 2.75) is 13.1 Å². The highest BCUT2D eigenvalue weighted by Crippen LogP contribution is 2.34. The largest absolute Gasteiger partial charge is 0.366 e. The van der Waals surface area contributed by atoms with E-state index in [0.29, 0.717) is 18.7 Å². The third-order valence-electron chi connectivity index (χ3n) is 5.85. The molecule has 5 rings (SSSR count). The minimum atomic E-state index is -0.601. The lowest BCUT2D eigenvalue weighted by Gasteiger charge is -2.15. The van der Waals surface area contributed by atoms with Crippen molar-refractivity contribution in [3.05, 3.63) is 82.9 Å². The van der Waals surface area contributed by atoms with Gasteiger partial charge >= 0.3 is 0 Å². The summed E-state index contributed by atoms with van der Waals surface area (Å²) in [6, 6.07) is 15.8. The van der Waals surface area contributed by atoms with E-state index in [1.165, 1.54) is 0 Å². The smallest absolute Gasteiger partial charge is 0.254 e. The Labute approximate surface area is 173 Å². The molecule has 3 aromatic carbocycles. The predicted molar refractivity (Wildman–Crippen MR) is 114 cm³/mol. The van der Waals surface area contributed by atoms with Gasteiger partial charge in [-0.25, -0.2) is 0 Å². The third-order valence-corrected chi connectivity index (χ3v) is 5.85. The number of nitrogens with two attached hydrogens (primary N) is 1. The van der Waals surface area contributed by atoms with E-state index in [4.69, 9.17) is 5.73 Å². The van der Waals surface area contributed by atoms with Crippen molar-refractivity contribution in [2.24, 2.45) is 5.73 Å². The number of hydrogen-bond donors (Lipinski definition) is 2. The lowest BCUT2D eigenvalue weighted by Crippen LogP contribution is -2.30. The van der Waals surface area contributed by atoms with E-state index >= 15 is 0 Å². The van der Waals surface area contributed by atoms with Gasteiger partial charge in [0, 0.05) is 29.8 Å². The normalized spacial score (nSPS) is 14.6. The summed E-state index contributed by atoms with van der Waals surface area (Å²) in [7, 11) is 0. The van der Waals surface area contributed by atoms with Gasteiger partial charge in [-0.05, 0) is 57.3 Å². The monoisotopic (exact) mass is 397 g/mol. The number of primary amides is 1. The van der Waals surface area contributed by atoms with Crippen molar-refractivity contribution in [3.8, 4) is 11.1 Å². The highest BCUT2D eigenvalue weighted by molar-refractivity contribution is 6.06. The summed E-state index contributed by atoms with van der Waals surface area (Å²) in [4.78, 5) is 37.6. The van der Waals surface area contributed by atoms with Gasteiger partial charge in [0.15, 0.2) is 0 Å². The van der Waals surface area contributed by atoms with Crippen molar-refractivity contribution in [2.75, 3.05) is 6.54 Å². The predicted octanol–water partition coefficient (Wildman–Crippen LogP) is 2.75. The second kappa shape index (κ2) is 6.56. The molecule has 30 heavy (non-hydrogen) atoms. The molecule has 6 nitrogen and oxygen atoms in total. The van der Waals surface area contributed by atoms with Crippen molar-refractivity contribution >= 4 is 28.5 Å². The fraction of sp³-hybridized carbons (Fsp3) is 0.125. The molecule has 6 heteroatoms. The van der Waals surface area contributed by atoms with E-state index in [9.17, 15) is 14.4 Å². The summed E-state index contributed by atoms with van der Waals surface area (Å²) in [5.41, 5.74) is 10.8. The molecule has 0 atom stereocenters. The standard InChI is InChI=1S/C24H19N3O3/c1-13(22(25)28)11-27-12-21-19(24(27)30)7-4-14-2-3-16(9-20(14)21)15-5-6-18-17(8-15)10-26-23(18)29/h2-9H,1,10-12H2,(H2,25,28)(H,26,29). The first kappa shape index (κ1) is 18.1. The van der Waals surface area contributed by atoms with E-state index in [0.717, 1.165) is 38.6 Å². The molecule has 3 aromatic rings. The highest BCUT2D eigenvalue weighted by atomic mass is 16.2. The number of nitrogens with one attached hydrogen (secondary N) is 1. The van der Waals surface area contributed by atoms with Gasteiger partial charge in [0.2, 0.25) is 5.91 Å². The van der Waals surface area contributed by atoms with Gasteiger partial charge in [-0.15, -0.1) is 0 Å². The number of amides is 3. The van der Waals surface area contributed by atoms with Crippen LogP contribution in [0.15, 0.2) is 60.7 Å². The van der Waals surface area contributed by atoms with Crippen LogP contribution >= 0.6 is 0 Å². The number of carbonyl (C=O) groups is 3. The van der Waals surface area contributed by atoms with E-state index in [2.05, 4.69) is 18.0 Å². The van der Waals surface area contributed by atoms with Crippen molar-refractivity contribution in [1.29, 1.82) is 0 Å². The van der Waals surface area contributed by atoms with Gasteiger partial charge in [0.05, 0.1) is 6.54 Å². The van der Waals surface area contributed by atoms with Gasteiger partial charge < -0.3 is 16.0 Å². The van der Waals surface area contributed by atoms with Crippen LogP contribution in [-0.2, 0) is 17.9 Å². The average Bonchev–Trinajstić information content (AvgIpc) is 3.27. The molecule has 3 N–H and O–H groups in total. The fourth-order valence-electron chi connectivity index (χ4n) is 4.21. The topological polar surface area (TPSA) is 92.5 Å². The number of benzene rings is 3. The number of fused-ring (bicyclic) bond motifs is 4. The number of rotatable bonds is 4. The van der Waals surface area contributed by atoms with Crippen molar-refractivity contribution < 1.29 is 14.4 Å². The lowest BCUT2D eigenvalue weighted by molar-refractivity contribution is -0.114. The van der Waals surface area contributed by atoms with Crippen LogP contribution in [0.4, 0.5) is 0 Å². The number of hydrogen-bond acceptors (Lipinski definition) is 3. The van der Waals surface area contributed by atoms with Gasteiger partial charge in [-0.1, -0.05) is 30.8 Å². The van der Waals surface area contributed by atoms with Crippen LogP contribution in [0.5, 0.6) is 0 Å². The Balaban J connectivity index is 1.55. The van der Waals surface area contributed by atoms with Crippen molar-refractivity contribution in [3.63, 3.8) is 0 Å². The SMILES string of the molecule is C=C(CN1Cc2c(ccc3ccc(-c4ccc5c(c4)CNC5=O)cc23)C1=O)C(N)=O. The van der Waals surface area contributed by atoms with Crippen LogP contribution in [0, 0.1) is 0 Å². The van der Waals surface area contributed by atoms with Crippen LogP contribution in [0.3, 0.4) is 0 Å². The molecule has 2 heterocycles. The summed E-state index contributed by atoms with van der Waals surface area (Å²) < 4.78 is 0. The quantitative estimate of drug-likeness (QED) is 0.663. The first-order chi connectivity index (χ1) is 14.4. The molecule has 0 spiro atoms. The zero-order chi connectivity index (χ0) is 21.0. The molecule has 0 saturated carbocycles. The Hall–Kier alpha value is -3.93. The molecular formula is C24H19N3O3. The zero-order valence-electron chi connectivity index (χ0n) is 16.2. The molecule has 0 radical (unpaired) electrons. The maximum atomic E-state index is 12.8. The second-order valence-corrected chi connectivity index (χ2v) is 7.71. The average molecular weight is 397 g/mol. The molecule has 0 saturated heterocycles. The molecule has 3 amide bonds. The summed E-state index contributed by atoms with van der Waals surface area (Å²) in [5, 5.41) is 4.88. The molecule has 0 aromatic heterocycles. The van der Waals surface area contributed by atoms with Gasteiger partial charge in [-0.3, -0.25) is 14.4 Å². The summed E-state index contributed by atoms with van der Waals surface area (Å²) >= 11 is 0. The van der Waals surface area contributed by atoms with E-state index in [-0.39, 0.29) is 23.9 Å². The Morgan fingerprint density at radius 3 is 2.53 bits per heavy atom. The molecule has 0 fully saturated rings. The van der Waals surface area contributed by atoms with Gasteiger partial charge in [0.1, 0.15) is 0 Å². The van der Waals surface area contributed by atoms with Crippen LogP contribution in [0.25, 0.3) is 21.9 Å². The first-order valence-corrected chi connectivity index (χ1v) is 9.66. The maximum Gasteiger partial charge on any atom is 0.254 e. The molecule has 148 valence electrons. The molecule has 0 aliphatic carbocycles. The minimum absolute atomic E-state index is 0.0379. The van der Waals surface area contributed by atoms with Crippen LogP contribution in [0.2, 0.25) is 0 Å². The van der Waals surface area contributed by atoms with Gasteiger partial charge in [-0.2, -0.15) is 0 Å². The minimum Gasteiger partial charge on any atom is -0.366 e. The first-order valence-electron chi connectivity index (χ1n) is 9.66. The molecule has 2 aliphatic rings. The number of carbonyl (C=O) groups excluding carboxylic acids is 3.